The Morgan fingerprint density at radius 1 is 1.05 bits per heavy atom. The van der Waals surface area contributed by atoms with Crippen molar-refractivity contribution in [2.24, 2.45) is 0 Å². The molecule has 0 spiro atoms. The molecule has 1 aromatic rings. The summed E-state index contributed by atoms with van der Waals surface area (Å²) in [6.07, 6.45) is 3.99. The van der Waals surface area contributed by atoms with Crippen molar-refractivity contribution in [1.29, 1.82) is 0 Å². The quantitative estimate of drug-likeness (QED) is 0.667. The van der Waals surface area contributed by atoms with E-state index in [-0.39, 0.29) is 0 Å². The maximum Gasteiger partial charge on any atom is 0.137 e. The molecular formula is C16H24BrNO3. The van der Waals surface area contributed by atoms with Gasteiger partial charge in [-0.3, -0.25) is 4.90 Å². The standard InChI is InChI=1S/C16H24BrNO3/c1-19-11-12-20-14-5-6-15(17)16(13-14)21-10-9-18-7-3-2-4-8-18/h5-6,13H,2-4,7-12H2,1H3. The maximum atomic E-state index is 5.89. The van der Waals surface area contributed by atoms with Crippen molar-refractivity contribution in [3.63, 3.8) is 0 Å². The highest BCUT2D eigenvalue weighted by molar-refractivity contribution is 9.10. The van der Waals surface area contributed by atoms with E-state index in [0.29, 0.717) is 19.8 Å². The molecular weight excluding hydrogens is 334 g/mol. The van der Waals surface area contributed by atoms with E-state index in [9.17, 15) is 0 Å². The molecule has 5 heteroatoms. The van der Waals surface area contributed by atoms with Crippen LogP contribution in [0.4, 0.5) is 0 Å². The topological polar surface area (TPSA) is 30.9 Å². The Balaban J connectivity index is 1.79. The summed E-state index contributed by atoms with van der Waals surface area (Å²) in [5.41, 5.74) is 0. The molecule has 1 aliphatic rings. The van der Waals surface area contributed by atoms with Gasteiger partial charge in [0.05, 0.1) is 11.1 Å². The second-order valence-corrected chi connectivity index (χ2v) is 6.04. The highest BCUT2D eigenvalue weighted by atomic mass is 79.9. The molecule has 0 aromatic heterocycles. The summed E-state index contributed by atoms with van der Waals surface area (Å²) in [5, 5.41) is 0. The Hall–Kier alpha value is -0.780. The molecule has 21 heavy (non-hydrogen) atoms. The van der Waals surface area contributed by atoms with Gasteiger partial charge in [0, 0.05) is 19.7 Å². The van der Waals surface area contributed by atoms with Gasteiger partial charge in [0.2, 0.25) is 0 Å². The first-order chi connectivity index (χ1) is 10.3. The number of methoxy groups -OCH3 is 1. The van der Waals surface area contributed by atoms with Gasteiger partial charge in [-0.15, -0.1) is 0 Å². The number of ether oxygens (including phenoxy) is 3. The van der Waals surface area contributed by atoms with Crippen LogP contribution >= 0.6 is 15.9 Å². The summed E-state index contributed by atoms with van der Waals surface area (Å²) < 4.78 is 17.4. The Bertz CT molecular complexity index is 422. The Morgan fingerprint density at radius 2 is 1.86 bits per heavy atom. The van der Waals surface area contributed by atoms with Crippen LogP contribution < -0.4 is 9.47 Å². The predicted molar refractivity (Wildman–Crippen MR) is 87.3 cm³/mol. The number of likely N-dealkylation sites (tertiary alicyclic amines) is 1. The van der Waals surface area contributed by atoms with Gasteiger partial charge < -0.3 is 14.2 Å². The number of hydrogen-bond donors (Lipinski definition) is 0. The first kappa shape index (κ1) is 16.6. The van der Waals surface area contributed by atoms with Gasteiger partial charge in [-0.1, -0.05) is 6.42 Å². The lowest BCUT2D eigenvalue weighted by Gasteiger charge is -2.26. The Labute approximate surface area is 135 Å². The molecule has 1 aliphatic heterocycles. The first-order valence-corrected chi connectivity index (χ1v) is 8.35. The maximum absolute atomic E-state index is 5.89. The molecule has 1 saturated heterocycles. The zero-order valence-corrected chi connectivity index (χ0v) is 14.2. The molecule has 0 N–H and O–H groups in total. The number of hydrogen-bond acceptors (Lipinski definition) is 4. The second kappa shape index (κ2) is 9.28. The third kappa shape index (κ3) is 5.85. The lowest BCUT2D eigenvalue weighted by molar-refractivity contribution is 0.146. The van der Waals surface area contributed by atoms with Crippen LogP contribution in [0.2, 0.25) is 0 Å². The van der Waals surface area contributed by atoms with E-state index >= 15 is 0 Å². The molecule has 1 aromatic carbocycles. The van der Waals surface area contributed by atoms with Gasteiger partial charge >= 0.3 is 0 Å². The van der Waals surface area contributed by atoms with Crippen LogP contribution in [0.1, 0.15) is 19.3 Å². The summed E-state index contributed by atoms with van der Waals surface area (Å²) in [5.74, 6) is 1.64. The minimum absolute atomic E-state index is 0.547. The number of rotatable bonds is 8. The molecule has 0 radical (unpaired) electrons. The van der Waals surface area contributed by atoms with Crippen molar-refractivity contribution in [2.45, 2.75) is 19.3 Å². The average molecular weight is 358 g/mol. The summed E-state index contributed by atoms with van der Waals surface area (Å²) in [6, 6.07) is 5.81. The fourth-order valence-corrected chi connectivity index (χ4v) is 2.76. The molecule has 0 unspecified atom stereocenters. The second-order valence-electron chi connectivity index (χ2n) is 5.18. The van der Waals surface area contributed by atoms with Gasteiger partial charge in [-0.05, 0) is 54.0 Å². The molecule has 0 amide bonds. The summed E-state index contributed by atoms with van der Waals surface area (Å²) in [7, 11) is 1.67. The van der Waals surface area contributed by atoms with Gasteiger partial charge in [0.25, 0.3) is 0 Å². The minimum Gasteiger partial charge on any atom is -0.491 e. The molecule has 118 valence electrons. The van der Waals surface area contributed by atoms with Crippen molar-refractivity contribution in [2.75, 3.05) is 46.6 Å². The largest absolute Gasteiger partial charge is 0.491 e. The van der Waals surface area contributed by atoms with E-state index in [1.54, 1.807) is 7.11 Å². The van der Waals surface area contributed by atoms with E-state index < -0.39 is 0 Å². The monoisotopic (exact) mass is 357 g/mol. The van der Waals surface area contributed by atoms with E-state index in [1.807, 2.05) is 18.2 Å². The summed E-state index contributed by atoms with van der Waals surface area (Å²) >= 11 is 3.52. The fraction of sp³-hybridized carbons (Fsp3) is 0.625. The number of halogens is 1. The Morgan fingerprint density at radius 3 is 2.62 bits per heavy atom. The number of nitrogens with zero attached hydrogens (tertiary/aromatic N) is 1. The van der Waals surface area contributed by atoms with Crippen LogP contribution in [0.5, 0.6) is 11.5 Å². The van der Waals surface area contributed by atoms with Gasteiger partial charge in [0.1, 0.15) is 24.7 Å². The smallest absolute Gasteiger partial charge is 0.137 e. The predicted octanol–water partition coefficient (Wildman–Crippen LogP) is 3.34. The van der Waals surface area contributed by atoms with E-state index in [2.05, 4.69) is 20.8 Å². The lowest BCUT2D eigenvalue weighted by atomic mass is 10.1. The first-order valence-electron chi connectivity index (χ1n) is 7.56. The zero-order chi connectivity index (χ0) is 14.9. The fourth-order valence-electron chi connectivity index (χ4n) is 2.39. The van der Waals surface area contributed by atoms with E-state index in [0.717, 1.165) is 22.5 Å². The van der Waals surface area contributed by atoms with Gasteiger partial charge in [-0.2, -0.15) is 0 Å². The molecule has 1 heterocycles. The van der Waals surface area contributed by atoms with Crippen molar-refractivity contribution in [3.8, 4) is 11.5 Å². The van der Waals surface area contributed by atoms with Crippen molar-refractivity contribution in [3.05, 3.63) is 22.7 Å². The summed E-state index contributed by atoms with van der Waals surface area (Å²) in [6.45, 7) is 5.23. The SMILES string of the molecule is COCCOc1ccc(Br)c(OCCN2CCCCC2)c1. The number of benzene rings is 1. The minimum atomic E-state index is 0.547. The van der Waals surface area contributed by atoms with Crippen LogP contribution in [-0.4, -0.2) is 51.5 Å². The van der Waals surface area contributed by atoms with Crippen LogP contribution in [0.25, 0.3) is 0 Å². The molecule has 4 nitrogen and oxygen atoms in total. The number of piperidine rings is 1. The third-order valence-electron chi connectivity index (χ3n) is 3.57. The van der Waals surface area contributed by atoms with Crippen LogP contribution in [-0.2, 0) is 4.74 Å². The third-order valence-corrected chi connectivity index (χ3v) is 4.23. The Kier molecular flexibility index (Phi) is 7.33. The molecule has 0 bridgehead atoms. The molecule has 0 atom stereocenters. The zero-order valence-electron chi connectivity index (χ0n) is 12.6. The van der Waals surface area contributed by atoms with E-state index in [4.69, 9.17) is 14.2 Å². The molecule has 2 rings (SSSR count). The van der Waals surface area contributed by atoms with Crippen LogP contribution in [0.15, 0.2) is 22.7 Å². The molecule has 0 aliphatic carbocycles. The van der Waals surface area contributed by atoms with Crippen molar-refractivity contribution >= 4 is 15.9 Å². The van der Waals surface area contributed by atoms with Crippen LogP contribution in [0.3, 0.4) is 0 Å². The average Bonchev–Trinajstić information content (AvgIpc) is 2.51. The highest BCUT2D eigenvalue weighted by Gasteiger charge is 2.10. The van der Waals surface area contributed by atoms with Crippen LogP contribution in [0, 0.1) is 0 Å². The summed E-state index contributed by atoms with van der Waals surface area (Å²) in [4.78, 5) is 2.47. The van der Waals surface area contributed by atoms with Gasteiger partial charge in [-0.25, -0.2) is 0 Å². The normalized spacial score (nSPS) is 15.9. The van der Waals surface area contributed by atoms with Gasteiger partial charge in [0.15, 0.2) is 0 Å². The molecule has 1 fully saturated rings. The van der Waals surface area contributed by atoms with Crippen molar-refractivity contribution in [1.82, 2.24) is 4.90 Å². The highest BCUT2D eigenvalue weighted by Crippen LogP contribution is 2.29. The molecule has 0 saturated carbocycles. The lowest BCUT2D eigenvalue weighted by Crippen LogP contribution is -2.33. The van der Waals surface area contributed by atoms with E-state index in [1.165, 1.54) is 32.4 Å². The van der Waals surface area contributed by atoms with Crippen molar-refractivity contribution < 1.29 is 14.2 Å².